The molecule has 0 spiro atoms. The van der Waals surface area contributed by atoms with Gasteiger partial charge in [0.1, 0.15) is 6.54 Å². The molecule has 0 aromatic carbocycles. The molecule has 8 rings (SSSR count). The van der Waals surface area contributed by atoms with E-state index in [1.165, 1.54) is 140 Å². The van der Waals surface area contributed by atoms with E-state index in [1.807, 2.05) is 0 Å². The van der Waals surface area contributed by atoms with Gasteiger partial charge in [0.15, 0.2) is 11.8 Å². The molecule has 3 heteroatoms. The lowest BCUT2D eigenvalue weighted by atomic mass is 9.57. The molecule has 10 atom stereocenters. The molecular weight excluding hydrogens is 676 g/mol. The zero-order valence-electron chi connectivity index (χ0n) is 36.2. The van der Waals surface area contributed by atoms with Gasteiger partial charge < -0.3 is 4.90 Å². The lowest BCUT2D eigenvalue weighted by Gasteiger charge is -2.47. The van der Waals surface area contributed by atoms with Crippen LogP contribution in [0.3, 0.4) is 0 Å². The van der Waals surface area contributed by atoms with Crippen molar-refractivity contribution in [3.05, 3.63) is 46.2 Å². The van der Waals surface area contributed by atoms with Crippen LogP contribution in [0.4, 0.5) is 0 Å². The Kier molecular flexibility index (Phi) is 11.6. The smallest absolute Gasteiger partial charge is 0.182 e. The average Bonchev–Trinajstić information content (AvgIpc) is 3.64. The maximum atomic E-state index is 7.73. The highest BCUT2D eigenvalue weighted by Crippen LogP contribution is 2.60. The number of hydrogen-bond acceptors (Lipinski definition) is 1. The Hall–Kier alpha value is -1.28. The Bertz CT molecular complexity index is 1530. The molecule has 1 saturated heterocycles. The minimum Gasteiger partial charge on any atom is -0.371 e. The second-order valence-electron chi connectivity index (χ2n) is 22.1. The third-order valence-corrected chi connectivity index (χ3v) is 18.0. The van der Waals surface area contributed by atoms with E-state index in [1.54, 1.807) is 11.4 Å². The second-order valence-corrected chi connectivity index (χ2v) is 22.5. The molecule has 0 radical (unpaired) electrons. The fraction of sp³-hybridized carbons (Fsp3) is 0.824. The monoisotopic (exact) mass is 756 g/mol. The highest BCUT2D eigenvalue weighted by Gasteiger charge is 2.60. The van der Waals surface area contributed by atoms with Crippen LogP contribution in [-0.2, 0) is 0 Å². The first-order chi connectivity index (χ1) is 25.9. The Morgan fingerprint density at radius 3 is 1.96 bits per heavy atom. The molecule has 300 valence electrons. The zero-order valence-corrected chi connectivity index (χ0v) is 36.9. The van der Waals surface area contributed by atoms with E-state index >= 15 is 0 Å². The van der Waals surface area contributed by atoms with Gasteiger partial charge in [-0.3, -0.25) is 0 Å². The Morgan fingerprint density at radius 2 is 1.28 bits per heavy atom. The zero-order chi connectivity index (χ0) is 37.9. The molecule has 2 aliphatic heterocycles. The molecule has 0 N–H and O–H groups in total. The summed E-state index contributed by atoms with van der Waals surface area (Å²) in [5, 5.41) is 1.10. The SMILES string of the molecule is CC(C)CCN1/C(=C/C=C2C(Cl)=C(/C=C/C3=[N+](CCC(C)C)C4CCC5CCCCC5C4C3(C)C)C3CCCCC/23)C(C)(C)C2C3CCCCC3CCC21. The number of hydrogen-bond donors (Lipinski definition) is 0. The lowest BCUT2D eigenvalue weighted by molar-refractivity contribution is -0.570. The molecule has 0 aromatic rings. The largest absolute Gasteiger partial charge is 0.371 e. The molecule has 0 bridgehead atoms. The highest BCUT2D eigenvalue weighted by molar-refractivity contribution is 6.33. The summed E-state index contributed by atoms with van der Waals surface area (Å²) >= 11 is 7.73. The fourth-order valence-corrected chi connectivity index (χ4v) is 15.5. The van der Waals surface area contributed by atoms with Crippen molar-refractivity contribution < 1.29 is 4.58 Å². The van der Waals surface area contributed by atoms with Crippen molar-refractivity contribution in [2.45, 2.75) is 183 Å². The quantitative estimate of drug-likeness (QED) is 0.212. The summed E-state index contributed by atoms with van der Waals surface area (Å²) in [7, 11) is 0. The van der Waals surface area contributed by atoms with Crippen LogP contribution in [0.15, 0.2) is 46.2 Å². The summed E-state index contributed by atoms with van der Waals surface area (Å²) in [5.41, 5.74) is 6.60. The number of rotatable bonds is 9. The summed E-state index contributed by atoms with van der Waals surface area (Å²) in [6.45, 7) is 22.6. The molecule has 0 aromatic heterocycles. The Balaban J connectivity index is 1.15. The Labute approximate surface area is 337 Å². The van der Waals surface area contributed by atoms with Crippen molar-refractivity contribution in [2.75, 3.05) is 13.1 Å². The molecule has 5 saturated carbocycles. The van der Waals surface area contributed by atoms with E-state index in [9.17, 15) is 0 Å². The van der Waals surface area contributed by atoms with Crippen LogP contribution in [0.5, 0.6) is 0 Å². The van der Waals surface area contributed by atoms with Gasteiger partial charge in [0, 0.05) is 53.6 Å². The number of nitrogens with zero attached hydrogens (tertiary/aromatic N) is 2. The van der Waals surface area contributed by atoms with Gasteiger partial charge in [-0.05, 0) is 136 Å². The van der Waals surface area contributed by atoms with Gasteiger partial charge in [0.2, 0.25) is 0 Å². The summed E-state index contributed by atoms with van der Waals surface area (Å²) in [6, 6.07) is 1.44. The second kappa shape index (κ2) is 15.8. The van der Waals surface area contributed by atoms with Gasteiger partial charge in [0.25, 0.3) is 0 Å². The number of allylic oxidation sites excluding steroid dienone is 8. The van der Waals surface area contributed by atoms with Gasteiger partial charge in [-0.2, -0.15) is 0 Å². The summed E-state index contributed by atoms with van der Waals surface area (Å²) in [6.07, 6.45) is 35.6. The molecular formula is C51H80ClN2+. The predicted octanol–water partition coefficient (Wildman–Crippen LogP) is 13.8. The van der Waals surface area contributed by atoms with Crippen LogP contribution in [-0.4, -0.2) is 40.4 Å². The van der Waals surface area contributed by atoms with E-state index < -0.39 is 0 Å². The van der Waals surface area contributed by atoms with Gasteiger partial charge in [0.05, 0.1) is 5.41 Å². The van der Waals surface area contributed by atoms with Gasteiger partial charge >= 0.3 is 0 Å². The fourth-order valence-electron chi connectivity index (χ4n) is 15.1. The molecule has 54 heavy (non-hydrogen) atoms. The van der Waals surface area contributed by atoms with Crippen molar-refractivity contribution in [1.82, 2.24) is 4.90 Å². The number of halogens is 1. The summed E-state index contributed by atoms with van der Waals surface area (Å²) in [5.74, 6) is 7.95. The highest BCUT2D eigenvalue weighted by atomic mass is 35.5. The van der Waals surface area contributed by atoms with E-state index in [-0.39, 0.29) is 10.8 Å². The number of likely N-dealkylation sites (tertiary alicyclic amines) is 1. The van der Waals surface area contributed by atoms with Crippen molar-refractivity contribution in [1.29, 1.82) is 0 Å². The Morgan fingerprint density at radius 1 is 0.667 bits per heavy atom. The average molecular weight is 757 g/mol. The molecule has 8 aliphatic rings. The van der Waals surface area contributed by atoms with E-state index in [0.29, 0.717) is 11.8 Å². The van der Waals surface area contributed by atoms with Crippen LogP contribution in [0, 0.1) is 70.0 Å². The van der Waals surface area contributed by atoms with E-state index in [0.717, 1.165) is 64.5 Å². The van der Waals surface area contributed by atoms with Crippen LogP contribution in [0.2, 0.25) is 0 Å². The van der Waals surface area contributed by atoms with Crippen molar-refractivity contribution in [2.24, 2.45) is 70.0 Å². The van der Waals surface area contributed by atoms with Crippen LogP contribution >= 0.6 is 11.6 Å². The van der Waals surface area contributed by atoms with Gasteiger partial charge in [-0.25, -0.2) is 4.58 Å². The lowest BCUT2D eigenvalue weighted by Crippen LogP contribution is -2.46. The topological polar surface area (TPSA) is 6.25 Å². The first-order valence-corrected chi connectivity index (χ1v) is 24.2. The van der Waals surface area contributed by atoms with Crippen molar-refractivity contribution in [3.8, 4) is 0 Å². The first-order valence-electron chi connectivity index (χ1n) is 23.8. The van der Waals surface area contributed by atoms with E-state index in [4.69, 9.17) is 11.6 Å². The van der Waals surface area contributed by atoms with Crippen molar-refractivity contribution in [3.63, 3.8) is 0 Å². The van der Waals surface area contributed by atoms with Crippen molar-refractivity contribution >= 4 is 17.3 Å². The van der Waals surface area contributed by atoms with E-state index in [2.05, 4.69) is 89.2 Å². The molecule has 0 amide bonds. The first kappa shape index (κ1) is 39.5. The summed E-state index contributed by atoms with van der Waals surface area (Å²) < 4.78 is 2.94. The standard InChI is InChI=1S/C51H80ClN2/c1-33(2)29-31-53-43-25-21-35-15-9-11-17-37(35)47(43)50(5,6)45(53)27-23-41-39-19-13-14-20-40(39)42(49(41)52)24-28-46-51(7,8)48-38-18-12-10-16-36(38)22-26-44(48)54(46)32-30-34(3)4/h23-24,27-28,33-40,43-44,47-48H,9-22,25-26,29-32H2,1-8H3/q+1. The predicted molar refractivity (Wildman–Crippen MR) is 231 cm³/mol. The minimum atomic E-state index is 0.209. The summed E-state index contributed by atoms with van der Waals surface area (Å²) in [4.78, 5) is 2.94. The maximum absolute atomic E-state index is 7.73. The molecule has 2 nitrogen and oxygen atoms in total. The van der Waals surface area contributed by atoms with Crippen LogP contribution < -0.4 is 0 Å². The molecule has 2 heterocycles. The normalized spacial score (nSPS) is 40.2. The maximum Gasteiger partial charge on any atom is 0.182 e. The van der Waals surface area contributed by atoms with Gasteiger partial charge in [-0.15, -0.1) is 0 Å². The van der Waals surface area contributed by atoms with Crippen LogP contribution in [0.25, 0.3) is 0 Å². The molecule has 6 fully saturated rings. The van der Waals surface area contributed by atoms with Crippen LogP contribution in [0.1, 0.15) is 171 Å². The third-order valence-electron chi connectivity index (χ3n) is 17.6. The van der Waals surface area contributed by atoms with Gasteiger partial charge in [-0.1, -0.05) is 117 Å². The molecule has 6 aliphatic carbocycles. The minimum absolute atomic E-state index is 0.209. The molecule has 10 unspecified atom stereocenters. The third kappa shape index (κ3) is 7.01. The number of fused-ring (bicyclic) bond motifs is 7.